The summed E-state index contributed by atoms with van der Waals surface area (Å²) in [5.74, 6) is -0.821. The number of nitrogens with zero attached hydrogens (tertiary/aromatic N) is 2. The number of carbonyl (C=O) groups excluding carboxylic acids is 2. The Hall–Kier alpha value is -5.48. The van der Waals surface area contributed by atoms with Gasteiger partial charge < -0.3 is 15.4 Å². The molecule has 5 aromatic carbocycles. The Morgan fingerprint density at radius 2 is 1.67 bits per heavy atom. The minimum Gasteiger partial charge on any atom is -0.457 e. The van der Waals surface area contributed by atoms with E-state index in [-0.39, 0.29) is 35.2 Å². The number of anilines is 2. The van der Waals surface area contributed by atoms with Crippen molar-refractivity contribution in [1.29, 1.82) is 5.41 Å². The molecule has 1 aliphatic rings. The third-order valence-electron chi connectivity index (χ3n) is 8.69. The lowest BCUT2D eigenvalue weighted by atomic mass is 9.97. The highest BCUT2D eigenvalue weighted by molar-refractivity contribution is 7.93. The van der Waals surface area contributed by atoms with Crippen molar-refractivity contribution in [1.82, 2.24) is 0 Å². The zero-order chi connectivity index (χ0) is 33.8. The van der Waals surface area contributed by atoms with Gasteiger partial charge in [-0.05, 0) is 77.7 Å². The molecule has 0 atom stereocenters. The lowest BCUT2D eigenvalue weighted by Gasteiger charge is -2.31. The van der Waals surface area contributed by atoms with Crippen LogP contribution in [0, 0.1) is 5.41 Å². The van der Waals surface area contributed by atoms with E-state index in [1.807, 2.05) is 66.7 Å². The highest BCUT2D eigenvalue weighted by Gasteiger charge is 2.27. The number of nitrogen functional groups attached to an aromatic ring is 1. The van der Waals surface area contributed by atoms with E-state index in [1.165, 1.54) is 10.4 Å². The average molecular weight is 661 g/mol. The van der Waals surface area contributed by atoms with Gasteiger partial charge in [-0.3, -0.25) is 14.5 Å². The fourth-order valence-corrected chi connectivity index (χ4v) is 7.50. The summed E-state index contributed by atoms with van der Waals surface area (Å²) in [7, 11) is -2.31. The summed E-state index contributed by atoms with van der Waals surface area (Å²) in [6.07, 6.45) is 1.93. The van der Waals surface area contributed by atoms with E-state index >= 15 is 0 Å². The summed E-state index contributed by atoms with van der Waals surface area (Å²) >= 11 is 0. The van der Waals surface area contributed by atoms with Crippen LogP contribution in [0.15, 0.2) is 114 Å². The average Bonchev–Trinajstić information content (AvgIpc) is 3.12. The minimum atomic E-state index is -3.85. The molecule has 0 fully saturated rings. The number of sulfonamides is 1. The van der Waals surface area contributed by atoms with Crippen molar-refractivity contribution in [2.45, 2.75) is 37.2 Å². The molecule has 6 rings (SSSR count). The molecule has 9 nitrogen and oxygen atoms in total. The first kappa shape index (κ1) is 32.5. The molecule has 0 bridgehead atoms. The van der Waals surface area contributed by atoms with Gasteiger partial charge in [0, 0.05) is 36.7 Å². The summed E-state index contributed by atoms with van der Waals surface area (Å²) in [5.41, 5.74) is 10.3. The predicted molar refractivity (Wildman–Crippen MR) is 188 cm³/mol. The molecule has 48 heavy (non-hydrogen) atoms. The van der Waals surface area contributed by atoms with E-state index in [2.05, 4.69) is 0 Å². The van der Waals surface area contributed by atoms with Crippen molar-refractivity contribution in [3.63, 3.8) is 0 Å². The van der Waals surface area contributed by atoms with Crippen LogP contribution in [-0.4, -0.2) is 39.7 Å². The van der Waals surface area contributed by atoms with Crippen LogP contribution in [0.25, 0.3) is 10.8 Å². The van der Waals surface area contributed by atoms with Gasteiger partial charge in [0.1, 0.15) is 12.4 Å². The standard InChI is InChI=1S/C38H36N4O5S/c1-41(48(45,46)35-15-7-12-27-11-5-6-14-32(27)35)31-19-20-34-29(23-31)13-8-22-42(34)36(43)21-18-28-16-17-30(24-33(28)37(39)40)38(44)47-25-26-9-3-2-4-10-26/h2-7,9-12,14-17,19-20,23-24H,8,13,18,21-22,25H2,1H3,(H3,39,40). The van der Waals surface area contributed by atoms with Crippen LogP contribution >= 0.6 is 0 Å². The second kappa shape index (κ2) is 13.7. The molecule has 0 unspecified atom stereocenters. The molecule has 1 aliphatic heterocycles. The maximum absolute atomic E-state index is 13.7. The van der Waals surface area contributed by atoms with Crippen LogP contribution in [0.4, 0.5) is 11.4 Å². The fraction of sp³-hybridized carbons (Fsp3) is 0.184. The summed E-state index contributed by atoms with van der Waals surface area (Å²) in [6.45, 7) is 0.668. The summed E-state index contributed by atoms with van der Waals surface area (Å²) < 4.78 is 34.2. The Morgan fingerprint density at radius 3 is 2.46 bits per heavy atom. The Bertz CT molecular complexity index is 2130. The number of hydrogen-bond donors (Lipinski definition) is 2. The van der Waals surface area contributed by atoms with Crippen LogP contribution in [0.5, 0.6) is 0 Å². The third kappa shape index (κ3) is 6.65. The van der Waals surface area contributed by atoms with Crippen molar-refractivity contribution < 1.29 is 22.7 Å². The van der Waals surface area contributed by atoms with Crippen molar-refractivity contribution in [2.75, 3.05) is 22.8 Å². The van der Waals surface area contributed by atoms with Gasteiger partial charge in [0.25, 0.3) is 10.0 Å². The van der Waals surface area contributed by atoms with Gasteiger partial charge in [-0.25, -0.2) is 13.2 Å². The monoisotopic (exact) mass is 660 g/mol. The fourth-order valence-electron chi connectivity index (χ4n) is 6.10. The van der Waals surface area contributed by atoms with E-state index in [4.69, 9.17) is 15.9 Å². The lowest BCUT2D eigenvalue weighted by Crippen LogP contribution is -2.36. The normalized spacial score (nSPS) is 12.7. The molecule has 5 aromatic rings. The number of rotatable bonds is 10. The molecule has 0 aromatic heterocycles. The number of amidine groups is 1. The number of aryl methyl sites for hydroxylation is 2. The number of benzene rings is 5. The van der Waals surface area contributed by atoms with Gasteiger partial charge in [0.05, 0.1) is 16.1 Å². The second-order valence-corrected chi connectivity index (χ2v) is 13.7. The zero-order valence-electron chi connectivity index (χ0n) is 26.6. The zero-order valence-corrected chi connectivity index (χ0v) is 27.4. The minimum absolute atomic E-state index is 0.0960. The van der Waals surface area contributed by atoms with Crippen molar-refractivity contribution in [3.8, 4) is 0 Å². The van der Waals surface area contributed by atoms with Crippen LogP contribution < -0.4 is 14.9 Å². The molecular formula is C38H36N4O5S. The van der Waals surface area contributed by atoms with E-state index in [0.717, 1.165) is 28.6 Å². The van der Waals surface area contributed by atoms with Crippen molar-refractivity contribution >= 4 is 49.9 Å². The van der Waals surface area contributed by atoms with Gasteiger partial charge in [0.2, 0.25) is 5.91 Å². The first-order valence-corrected chi connectivity index (χ1v) is 17.2. The summed E-state index contributed by atoms with van der Waals surface area (Å²) in [5, 5.41) is 9.61. The van der Waals surface area contributed by atoms with Crippen molar-refractivity contribution in [2.24, 2.45) is 5.73 Å². The van der Waals surface area contributed by atoms with Gasteiger partial charge >= 0.3 is 5.97 Å². The Kier molecular flexibility index (Phi) is 9.27. The number of ether oxygens (including phenoxy) is 1. The maximum atomic E-state index is 13.7. The molecule has 10 heteroatoms. The molecule has 0 saturated carbocycles. The van der Waals surface area contributed by atoms with E-state index < -0.39 is 16.0 Å². The lowest BCUT2D eigenvalue weighted by molar-refractivity contribution is -0.118. The number of nitrogens with one attached hydrogen (secondary N) is 1. The number of amides is 1. The molecule has 244 valence electrons. The molecular weight excluding hydrogens is 625 g/mol. The second-order valence-electron chi connectivity index (χ2n) is 11.8. The smallest absolute Gasteiger partial charge is 0.338 e. The van der Waals surface area contributed by atoms with Crippen LogP contribution in [0.2, 0.25) is 0 Å². The number of nitrogens with two attached hydrogens (primary N) is 1. The van der Waals surface area contributed by atoms with Gasteiger partial charge in [-0.15, -0.1) is 0 Å². The molecule has 0 radical (unpaired) electrons. The molecule has 1 heterocycles. The quantitative estimate of drug-likeness (QED) is 0.104. The summed E-state index contributed by atoms with van der Waals surface area (Å²) in [6, 6.07) is 32.3. The highest BCUT2D eigenvalue weighted by atomic mass is 32.2. The third-order valence-corrected chi connectivity index (χ3v) is 10.5. The SMILES string of the molecule is CN(c1ccc2c(c1)CCCN2C(=O)CCc1ccc(C(=O)OCc2ccccc2)cc1C(=N)N)S(=O)(=O)c1cccc2ccccc12. The number of hydrogen-bond acceptors (Lipinski definition) is 6. The van der Waals surface area contributed by atoms with E-state index in [1.54, 1.807) is 48.3 Å². The molecule has 0 saturated heterocycles. The summed E-state index contributed by atoms with van der Waals surface area (Å²) in [4.78, 5) is 28.2. The number of esters is 1. The van der Waals surface area contributed by atoms with Crippen LogP contribution in [0.3, 0.4) is 0 Å². The molecule has 1 amide bonds. The molecule has 3 N–H and O–H groups in total. The van der Waals surface area contributed by atoms with E-state index in [9.17, 15) is 18.0 Å². The predicted octanol–water partition coefficient (Wildman–Crippen LogP) is 6.22. The Balaban J connectivity index is 1.15. The van der Waals surface area contributed by atoms with Crippen LogP contribution in [0.1, 0.15) is 45.5 Å². The Labute approximate surface area is 280 Å². The number of fused-ring (bicyclic) bond motifs is 2. The first-order chi connectivity index (χ1) is 23.1. The van der Waals surface area contributed by atoms with E-state index in [0.29, 0.717) is 41.6 Å². The highest BCUT2D eigenvalue weighted by Crippen LogP contribution is 2.34. The Morgan fingerprint density at radius 1 is 0.917 bits per heavy atom. The largest absolute Gasteiger partial charge is 0.457 e. The topological polar surface area (TPSA) is 134 Å². The van der Waals surface area contributed by atoms with Crippen molar-refractivity contribution in [3.05, 3.63) is 137 Å². The molecule has 0 aliphatic carbocycles. The van der Waals surface area contributed by atoms with Gasteiger partial charge in [-0.1, -0.05) is 72.8 Å². The van der Waals surface area contributed by atoms with Gasteiger partial charge in [-0.2, -0.15) is 0 Å². The van der Waals surface area contributed by atoms with Crippen LogP contribution in [-0.2, 0) is 39.0 Å². The maximum Gasteiger partial charge on any atom is 0.338 e. The number of carbonyl (C=O) groups is 2. The van der Waals surface area contributed by atoms with Gasteiger partial charge in [0.15, 0.2) is 0 Å². The first-order valence-electron chi connectivity index (χ1n) is 15.7. The molecule has 0 spiro atoms.